The second-order valence-corrected chi connectivity index (χ2v) is 20.4. The molecule has 12 heteroatoms. The molecule has 1 aromatic heterocycles. The van der Waals surface area contributed by atoms with Crippen molar-refractivity contribution in [1.82, 2.24) is 25.8 Å². The first-order valence-corrected chi connectivity index (χ1v) is 21.7. The molecule has 3 heterocycles. The zero-order valence-corrected chi connectivity index (χ0v) is 34.5. The third-order valence-electron chi connectivity index (χ3n) is 11.2. The number of fused-ring (bicyclic) bond motifs is 1. The molecule has 4 amide bonds. The number of pyridine rings is 1. The van der Waals surface area contributed by atoms with E-state index in [4.69, 9.17) is 4.43 Å². The SMILES string of the molecule is CC[C@]1(C)NC(=O)[C@H](CCC/C=C/C(=O)[C@@H](C)O[Si](c2ccccc2)(c2ccccc2)C(C)(C)C)NC(=O)[C@H]2CCCN2C(=O)[C@H](Cc2ccncc2)NC1=O. The highest BCUT2D eigenvalue weighted by atomic mass is 28.4. The lowest BCUT2D eigenvalue weighted by Crippen LogP contribution is -2.68. The molecule has 2 aliphatic rings. The summed E-state index contributed by atoms with van der Waals surface area (Å²) in [4.78, 5) is 74.6. The fraction of sp³-hybridized carbons (Fsp3) is 0.455. The molecule has 2 aromatic carbocycles. The van der Waals surface area contributed by atoms with Crippen molar-refractivity contribution in [2.24, 2.45) is 0 Å². The van der Waals surface area contributed by atoms with Gasteiger partial charge >= 0.3 is 0 Å². The normalized spacial score (nSPS) is 23.0. The van der Waals surface area contributed by atoms with Gasteiger partial charge in [0, 0.05) is 25.4 Å². The first kappa shape index (κ1) is 42.2. The topological polar surface area (TPSA) is 147 Å². The van der Waals surface area contributed by atoms with E-state index in [9.17, 15) is 24.0 Å². The van der Waals surface area contributed by atoms with Crippen LogP contribution in [-0.4, -0.2) is 83.9 Å². The third-order valence-corrected chi connectivity index (χ3v) is 16.3. The molecule has 2 fully saturated rings. The Labute approximate surface area is 332 Å². The third kappa shape index (κ3) is 9.53. The summed E-state index contributed by atoms with van der Waals surface area (Å²) >= 11 is 0. The van der Waals surface area contributed by atoms with E-state index in [1.807, 2.05) is 36.4 Å². The molecule has 11 nitrogen and oxygen atoms in total. The minimum atomic E-state index is -2.94. The van der Waals surface area contributed by atoms with Gasteiger partial charge in [0.25, 0.3) is 8.32 Å². The van der Waals surface area contributed by atoms with Gasteiger partial charge in [-0.1, -0.05) is 94.4 Å². The Kier molecular flexibility index (Phi) is 13.8. The summed E-state index contributed by atoms with van der Waals surface area (Å²) in [5.41, 5.74) is -0.529. The number of amides is 4. The number of nitrogens with zero attached hydrogens (tertiary/aromatic N) is 2. The van der Waals surface area contributed by atoms with Crippen LogP contribution in [0, 0.1) is 0 Å². The quantitative estimate of drug-likeness (QED) is 0.134. The summed E-state index contributed by atoms with van der Waals surface area (Å²) in [5.74, 6) is -1.85. The molecule has 298 valence electrons. The number of benzene rings is 2. The molecule has 0 unspecified atom stereocenters. The molecule has 0 saturated carbocycles. The molecule has 2 saturated heterocycles. The van der Waals surface area contributed by atoms with Crippen molar-refractivity contribution in [3.05, 3.63) is 103 Å². The van der Waals surface area contributed by atoms with E-state index < -0.39 is 55.8 Å². The average molecular weight is 780 g/mol. The lowest BCUT2D eigenvalue weighted by atomic mass is 9.94. The summed E-state index contributed by atoms with van der Waals surface area (Å²) in [7, 11) is -2.94. The second-order valence-electron chi connectivity index (χ2n) is 16.2. The maximum atomic E-state index is 14.0. The predicted octanol–water partition coefficient (Wildman–Crippen LogP) is 4.14. The van der Waals surface area contributed by atoms with Crippen molar-refractivity contribution in [1.29, 1.82) is 0 Å². The molecule has 56 heavy (non-hydrogen) atoms. The maximum absolute atomic E-state index is 14.0. The Bertz CT molecular complexity index is 1830. The summed E-state index contributed by atoms with van der Waals surface area (Å²) in [6.45, 7) is 12.1. The molecule has 0 bridgehead atoms. The van der Waals surface area contributed by atoms with Gasteiger partial charge in [-0.3, -0.25) is 29.0 Å². The van der Waals surface area contributed by atoms with Crippen LogP contribution in [0.1, 0.15) is 85.6 Å². The van der Waals surface area contributed by atoms with E-state index in [0.29, 0.717) is 32.2 Å². The summed E-state index contributed by atoms with van der Waals surface area (Å²) in [5, 5.41) is 10.6. The van der Waals surface area contributed by atoms with Gasteiger partial charge in [-0.25, -0.2) is 0 Å². The van der Waals surface area contributed by atoms with Gasteiger partial charge in [-0.05, 0) is 91.6 Å². The molecule has 0 aliphatic carbocycles. The van der Waals surface area contributed by atoms with Gasteiger partial charge < -0.3 is 25.3 Å². The van der Waals surface area contributed by atoms with Gasteiger partial charge in [0.15, 0.2) is 5.78 Å². The summed E-state index contributed by atoms with van der Waals surface area (Å²) in [6, 6.07) is 21.3. The molecule has 3 N–H and O–H groups in total. The van der Waals surface area contributed by atoms with Crippen LogP contribution in [-0.2, 0) is 34.8 Å². The predicted molar refractivity (Wildman–Crippen MR) is 220 cm³/mol. The number of aromatic nitrogens is 1. The Morgan fingerprint density at radius 2 is 1.57 bits per heavy atom. The van der Waals surface area contributed by atoms with Crippen molar-refractivity contribution in [3.8, 4) is 0 Å². The van der Waals surface area contributed by atoms with E-state index in [0.717, 1.165) is 15.9 Å². The molecule has 5 rings (SSSR count). The van der Waals surface area contributed by atoms with Gasteiger partial charge in [-0.15, -0.1) is 0 Å². The van der Waals surface area contributed by atoms with E-state index in [1.54, 1.807) is 57.4 Å². The lowest BCUT2D eigenvalue weighted by molar-refractivity contribution is -0.144. The van der Waals surface area contributed by atoms with E-state index >= 15 is 0 Å². The van der Waals surface area contributed by atoms with Crippen LogP contribution in [0.3, 0.4) is 0 Å². The smallest absolute Gasteiger partial charge is 0.262 e. The van der Waals surface area contributed by atoms with Crippen LogP contribution >= 0.6 is 0 Å². The number of hydrogen-bond donors (Lipinski definition) is 3. The number of rotatable bonds is 13. The van der Waals surface area contributed by atoms with Crippen molar-refractivity contribution >= 4 is 48.1 Å². The van der Waals surface area contributed by atoms with Crippen molar-refractivity contribution in [3.63, 3.8) is 0 Å². The number of nitrogens with one attached hydrogen (secondary N) is 3. The minimum Gasteiger partial charge on any atom is -0.397 e. The molecule has 0 spiro atoms. The minimum absolute atomic E-state index is 0.159. The van der Waals surface area contributed by atoms with Crippen LogP contribution in [0.15, 0.2) is 97.3 Å². The molecule has 3 aromatic rings. The average Bonchev–Trinajstić information content (AvgIpc) is 3.69. The van der Waals surface area contributed by atoms with Gasteiger partial charge in [0.05, 0.1) is 0 Å². The van der Waals surface area contributed by atoms with Crippen molar-refractivity contribution in [2.45, 2.75) is 121 Å². The van der Waals surface area contributed by atoms with E-state index in [1.165, 1.54) is 4.90 Å². The van der Waals surface area contributed by atoms with Crippen LogP contribution in [0.2, 0.25) is 5.04 Å². The Balaban J connectivity index is 1.28. The maximum Gasteiger partial charge on any atom is 0.262 e. The van der Waals surface area contributed by atoms with Crippen LogP contribution in [0.5, 0.6) is 0 Å². The number of hydrogen-bond acceptors (Lipinski definition) is 7. The second kappa shape index (κ2) is 18.3. The van der Waals surface area contributed by atoms with E-state index in [2.05, 4.69) is 66.0 Å². The summed E-state index contributed by atoms with van der Waals surface area (Å²) in [6.07, 6.45) is 8.62. The zero-order valence-electron chi connectivity index (χ0n) is 33.5. The zero-order chi connectivity index (χ0) is 40.5. The van der Waals surface area contributed by atoms with Gasteiger partial charge in [0.2, 0.25) is 23.6 Å². The Hall–Kier alpha value is -4.94. The number of carbonyl (C=O) groups is 5. The number of unbranched alkanes of at least 4 members (excludes halogenated alkanes) is 1. The highest BCUT2D eigenvalue weighted by Gasteiger charge is 2.51. The monoisotopic (exact) mass is 779 g/mol. The number of ketones is 1. The first-order chi connectivity index (χ1) is 26.7. The molecular formula is C44H57N5O6Si. The highest BCUT2D eigenvalue weighted by molar-refractivity contribution is 6.99. The van der Waals surface area contributed by atoms with Crippen molar-refractivity contribution in [2.75, 3.05) is 6.54 Å². The van der Waals surface area contributed by atoms with Crippen LogP contribution in [0.4, 0.5) is 0 Å². The highest BCUT2D eigenvalue weighted by Crippen LogP contribution is 2.37. The Morgan fingerprint density at radius 1 is 0.946 bits per heavy atom. The lowest BCUT2D eigenvalue weighted by Gasteiger charge is -2.44. The van der Waals surface area contributed by atoms with Crippen LogP contribution in [0.25, 0.3) is 0 Å². The standard InChI is InChI=1S/C44H57N5O6Si/c1-7-44(6)42(54)47-36(30-32-25-27-45-28-26-32)41(53)49-29-17-23-37(49)40(52)46-35(39(51)48-44)22-15-10-16-24-38(50)31(2)55-56(43(3,4)5,33-18-11-8-12-19-33)34-20-13-9-14-21-34/h8-9,11-14,16,18-21,24-28,31,35-37H,7,10,15,17,22-23,29-30H2,1-6H3,(H,46,52)(H,47,54)(H,48,51)/b24-16+/t31-,35+,36+,37-,44+/m1/s1. The largest absolute Gasteiger partial charge is 0.397 e. The fourth-order valence-electron chi connectivity index (χ4n) is 7.77. The van der Waals surface area contributed by atoms with Crippen molar-refractivity contribution < 1.29 is 28.4 Å². The number of allylic oxidation sites excluding steroid dienone is 1. The first-order valence-electron chi connectivity index (χ1n) is 19.8. The van der Waals surface area contributed by atoms with Gasteiger partial charge in [-0.2, -0.15) is 0 Å². The number of carbonyl (C=O) groups excluding carboxylic acids is 5. The van der Waals surface area contributed by atoms with E-state index in [-0.39, 0.29) is 36.0 Å². The molecule has 2 aliphatic heterocycles. The molecule has 0 radical (unpaired) electrons. The van der Waals surface area contributed by atoms with Gasteiger partial charge in [0.1, 0.15) is 29.8 Å². The molecule has 5 atom stereocenters. The molecular weight excluding hydrogens is 723 g/mol. The summed E-state index contributed by atoms with van der Waals surface area (Å²) < 4.78 is 6.97. The van der Waals surface area contributed by atoms with Crippen LogP contribution < -0.4 is 26.3 Å². The Morgan fingerprint density at radius 3 is 2.16 bits per heavy atom. The fourth-order valence-corrected chi connectivity index (χ4v) is 12.4.